The summed E-state index contributed by atoms with van der Waals surface area (Å²) in [5.41, 5.74) is 2.35. The van der Waals surface area contributed by atoms with E-state index in [-0.39, 0.29) is 17.6 Å². The fourth-order valence-corrected chi connectivity index (χ4v) is 2.21. The van der Waals surface area contributed by atoms with E-state index in [1.54, 1.807) is 31.2 Å². The number of rotatable bonds is 5. The number of hydrogen-bond acceptors (Lipinski definition) is 3. The van der Waals surface area contributed by atoms with Crippen LogP contribution < -0.4 is 4.74 Å². The molecule has 0 aliphatic rings. The molecular formula is C20H23NO2. The van der Waals surface area contributed by atoms with E-state index >= 15 is 0 Å². The Morgan fingerprint density at radius 2 is 1.43 bits per heavy atom. The lowest BCUT2D eigenvalue weighted by Crippen LogP contribution is -2.10. The molecule has 3 heteroatoms. The first kappa shape index (κ1) is 16.9. The van der Waals surface area contributed by atoms with Gasteiger partial charge in [0.1, 0.15) is 11.5 Å². The van der Waals surface area contributed by atoms with Gasteiger partial charge in [-0.1, -0.05) is 32.9 Å². The molecule has 0 saturated heterocycles. The molecule has 0 aromatic heterocycles. The minimum atomic E-state index is -0.0430. The van der Waals surface area contributed by atoms with Gasteiger partial charge in [-0.3, -0.25) is 4.79 Å². The molecule has 0 fully saturated rings. The third kappa shape index (κ3) is 4.78. The number of hydrogen-bond donors (Lipinski definition) is 1. The molecule has 0 atom stereocenters. The molecule has 0 heterocycles. The van der Waals surface area contributed by atoms with Gasteiger partial charge in [-0.2, -0.15) is 0 Å². The first-order valence-corrected chi connectivity index (χ1v) is 7.71. The molecule has 0 saturated carbocycles. The molecule has 120 valence electrons. The van der Waals surface area contributed by atoms with Crippen molar-refractivity contribution in [3.8, 4) is 11.5 Å². The van der Waals surface area contributed by atoms with Crippen LogP contribution in [0.2, 0.25) is 0 Å². The van der Waals surface area contributed by atoms with E-state index in [1.807, 2.05) is 12.1 Å². The number of carbonyl (C=O) groups excluding carboxylic acids is 1. The zero-order valence-corrected chi connectivity index (χ0v) is 14.1. The van der Waals surface area contributed by atoms with Crippen molar-refractivity contribution in [3.05, 3.63) is 59.7 Å². The van der Waals surface area contributed by atoms with Crippen molar-refractivity contribution in [2.24, 2.45) is 0 Å². The van der Waals surface area contributed by atoms with E-state index in [2.05, 4.69) is 32.9 Å². The van der Waals surface area contributed by atoms with E-state index in [1.165, 1.54) is 5.56 Å². The van der Waals surface area contributed by atoms with Gasteiger partial charge in [0, 0.05) is 17.7 Å². The molecule has 0 aliphatic heterocycles. The lowest BCUT2D eigenvalue weighted by atomic mass is 9.87. The quantitative estimate of drug-likeness (QED) is 0.594. The number of nitrogens with one attached hydrogen (secondary N) is 1. The van der Waals surface area contributed by atoms with Crippen LogP contribution in [0, 0.1) is 5.41 Å². The van der Waals surface area contributed by atoms with Gasteiger partial charge in [0.25, 0.3) is 0 Å². The number of benzene rings is 2. The van der Waals surface area contributed by atoms with Crippen molar-refractivity contribution in [1.29, 1.82) is 5.41 Å². The third-order valence-corrected chi connectivity index (χ3v) is 3.56. The van der Waals surface area contributed by atoms with Crippen LogP contribution >= 0.6 is 0 Å². The molecule has 0 amide bonds. The maximum atomic E-state index is 11.9. The molecular weight excluding hydrogens is 286 g/mol. The number of ketones is 1. The highest BCUT2D eigenvalue weighted by Gasteiger charge is 2.13. The fraction of sp³-hybridized carbons (Fsp3) is 0.300. The van der Waals surface area contributed by atoms with E-state index in [9.17, 15) is 4.79 Å². The first-order valence-electron chi connectivity index (χ1n) is 7.71. The predicted octanol–water partition coefficient (Wildman–Crippen LogP) is 5.39. The Labute approximate surface area is 137 Å². The van der Waals surface area contributed by atoms with Crippen molar-refractivity contribution in [2.45, 2.75) is 39.5 Å². The predicted molar refractivity (Wildman–Crippen MR) is 94.0 cm³/mol. The molecule has 2 aromatic carbocycles. The SMILES string of the molecule is CC(=N)CC(=O)c1ccc(Oc2ccc(C(C)(C)C)cc2)cc1. The minimum Gasteiger partial charge on any atom is -0.457 e. The standard InChI is InChI=1S/C20H23NO2/c1-14(21)13-19(22)15-5-9-17(10-6-15)23-18-11-7-16(8-12-18)20(2,3)4/h5-12,21H,13H2,1-4H3. The summed E-state index contributed by atoms with van der Waals surface area (Å²) in [7, 11) is 0. The second kappa shape index (κ2) is 6.78. The Hall–Kier alpha value is -2.42. The molecule has 0 bridgehead atoms. The van der Waals surface area contributed by atoms with Crippen molar-refractivity contribution in [2.75, 3.05) is 0 Å². The summed E-state index contributed by atoms with van der Waals surface area (Å²) in [5.74, 6) is 1.42. The second-order valence-electron chi connectivity index (χ2n) is 6.78. The van der Waals surface area contributed by atoms with Crippen LogP contribution in [0.3, 0.4) is 0 Å². The Bertz CT molecular complexity index is 692. The van der Waals surface area contributed by atoms with Crippen molar-refractivity contribution in [1.82, 2.24) is 0 Å². The smallest absolute Gasteiger partial charge is 0.168 e. The Morgan fingerprint density at radius 3 is 1.87 bits per heavy atom. The molecule has 0 spiro atoms. The van der Waals surface area contributed by atoms with Gasteiger partial charge in [-0.05, 0) is 54.3 Å². The average molecular weight is 309 g/mol. The second-order valence-corrected chi connectivity index (χ2v) is 6.78. The minimum absolute atomic E-state index is 0.0430. The fourth-order valence-electron chi connectivity index (χ4n) is 2.21. The van der Waals surface area contributed by atoms with Gasteiger partial charge in [-0.25, -0.2) is 0 Å². The Morgan fingerprint density at radius 1 is 0.957 bits per heavy atom. The van der Waals surface area contributed by atoms with E-state index < -0.39 is 0 Å². The molecule has 23 heavy (non-hydrogen) atoms. The van der Waals surface area contributed by atoms with E-state index in [4.69, 9.17) is 10.1 Å². The lowest BCUT2D eigenvalue weighted by molar-refractivity contribution is 0.100. The highest BCUT2D eigenvalue weighted by atomic mass is 16.5. The summed E-state index contributed by atoms with van der Waals surface area (Å²) < 4.78 is 5.81. The maximum absolute atomic E-state index is 11.9. The van der Waals surface area contributed by atoms with Crippen LogP contribution in [0.5, 0.6) is 11.5 Å². The van der Waals surface area contributed by atoms with Gasteiger partial charge in [-0.15, -0.1) is 0 Å². The van der Waals surface area contributed by atoms with Crippen LogP contribution in [0.1, 0.15) is 50.0 Å². The molecule has 2 rings (SSSR count). The molecule has 1 N–H and O–H groups in total. The zero-order chi connectivity index (χ0) is 17.0. The highest BCUT2D eigenvalue weighted by Crippen LogP contribution is 2.27. The largest absolute Gasteiger partial charge is 0.457 e. The van der Waals surface area contributed by atoms with Gasteiger partial charge < -0.3 is 10.1 Å². The van der Waals surface area contributed by atoms with Crippen molar-refractivity contribution >= 4 is 11.5 Å². The normalized spacial score (nSPS) is 11.1. The zero-order valence-electron chi connectivity index (χ0n) is 14.1. The molecule has 3 nitrogen and oxygen atoms in total. The van der Waals surface area contributed by atoms with Gasteiger partial charge >= 0.3 is 0 Å². The third-order valence-electron chi connectivity index (χ3n) is 3.56. The topological polar surface area (TPSA) is 50.2 Å². The highest BCUT2D eigenvalue weighted by molar-refractivity contribution is 6.08. The van der Waals surface area contributed by atoms with Crippen LogP contribution in [-0.2, 0) is 5.41 Å². The molecule has 0 radical (unpaired) electrons. The number of ether oxygens (including phenoxy) is 1. The van der Waals surface area contributed by atoms with Crippen LogP contribution in [0.15, 0.2) is 48.5 Å². The molecule has 0 aliphatic carbocycles. The summed E-state index contributed by atoms with van der Waals surface area (Å²) >= 11 is 0. The Balaban J connectivity index is 2.06. The average Bonchev–Trinajstić information content (AvgIpc) is 2.47. The maximum Gasteiger partial charge on any atom is 0.168 e. The van der Waals surface area contributed by atoms with Crippen molar-refractivity contribution < 1.29 is 9.53 Å². The monoisotopic (exact) mass is 309 g/mol. The van der Waals surface area contributed by atoms with Crippen LogP contribution in [0.25, 0.3) is 0 Å². The summed E-state index contributed by atoms with van der Waals surface area (Å²) in [4.78, 5) is 11.9. The molecule has 2 aromatic rings. The summed E-state index contributed by atoms with van der Waals surface area (Å²) in [6, 6.07) is 15.1. The van der Waals surface area contributed by atoms with E-state index in [0.717, 1.165) is 5.75 Å². The summed E-state index contributed by atoms with van der Waals surface area (Å²) in [6.07, 6.45) is 0.161. The number of Topliss-reactive ketones (excluding diaryl/α,β-unsaturated/α-hetero) is 1. The molecule has 0 unspecified atom stereocenters. The van der Waals surface area contributed by atoms with Gasteiger partial charge in [0.2, 0.25) is 0 Å². The summed E-state index contributed by atoms with van der Waals surface area (Å²) in [6.45, 7) is 8.16. The number of carbonyl (C=O) groups is 1. The van der Waals surface area contributed by atoms with Crippen LogP contribution in [0.4, 0.5) is 0 Å². The van der Waals surface area contributed by atoms with Crippen LogP contribution in [-0.4, -0.2) is 11.5 Å². The van der Waals surface area contributed by atoms with Gasteiger partial charge in [0.05, 0.1) is 0 Å². The lowest BCUT2D eigenvalue weighted by Gasteiger charge is -2.19. The Kier molecular flexibility index (Phi) is 4.99. The summed E-state index contributed by atoms with van der Waals surface area (Å²) in [5, 5.41) is 7.38. The van der Waals surface area contributed by atoms with E-state index in [0.29, 0.717) is 17.0 Å². The van der Waals surface area contributed by atoms with Crippen molar-refractivity contribution in [3.63, 3.8) is 0 Å². The van der Waals surface area contributed by atoms with Gasteiger partial charge in [0.15, 0.2) is 5.78 Å². The first-order chi connectivity index (χ1) is 10.8.